The van der Waals surface area contributed by atoms with E-state index in [9.17, 15) is 13.2 Å². The molecule has 22 heavy (non-hydrogen) atoms. The number of sulfonamides is 1. The first-order chi connectivity index (χ1) is 10.4. The van der Waals surface area contributed by atoms with Gasteiger partial charge in [0.15, 0.2) is 0 Å². The Hall–Kier alpha value is -1.12. The summed E-state index contributed by atoms with van der Waals surface area (Å²) >= 11 is 1.44. The maximum atomic E-state index is 12.7. The largest absolute Gasteiger partial charge is 0.337 e. The summed E-state index contributed by atoms with van der Waals surface area (Å²) in [4.78, 5) is 18.4. The van der Waals surface area contributed by atoms with Gasteiger partial charge in [-0.25, -0.2) is 8.42 Å². The summed E-state index contributed by atoms with van der Waals surface area (Å²) in [6.45, 7) is 3.87. The third-order valence-electron chi connectivity index (χ3n) is 4.22. The van der Waals surface area contributed by atoms with Crippen LogP contribution in [-0.4, -0.2) is 70.2 Å². The van der Waals surface area contributed by atoms with Crippen molar-refractivity contribution in [1.82, 2.24) is 9.80 Å². The van der Waals surface area contributed by atoms with Crippen molar-refractivity contribution >= 4 is 33.0 Å². The third-order valence-corrected chi connectivity index (χ3v) is 6.57. The SMILES string of the molecule is CN1CCCN(C(=O)c2cc3c(s2)CCN3S(C)(=O)=O)CC1. The van der Waals surface area contributed by atoms with Crippen LogP contribution in [0.25, 0.3) is 0 Å². The average Bonchev–Trinajstić information content (AvgIpc) is 2.93. The minimum Gasteiger partial charge on any atom is -0.337 e. The molecule has 2 aliphatic rings. The van der Waals surface area contributed by atoms with Gasteiger partial charge in [0, 0.05) is 37.5 Å². The first-order valence-electron chi connectivity index (χ1n) is 7.44. The molecule has 0 unspecified atom stereocenters. The zero-order valence-electron chi connectivity index (χ0n) is 12.9. The van der Waals surface area contributed by atoms with Gasteiger partial charge in [0.2, 0.25) is 10.0 Å². The lowest BCUT2D eigenvalue weighted by molar-refractivity contribution is 0.0767. The second-order valence-corrected chi connectivity index (χ2v) is 9.00. The molecule has 1 saturated heterocycles. The highest BCUT2D eigenvalue weighted by atomic mass is 32.2. The summed E-state index contributed by atoms with van der Waals surface area (Å²) < 4.78 is 25.0. The van der Waals surface area contributed by atoms with E-state index in [1.165, 1.54) is 21.9 Å². The number of carbonyl (C=O) groups is 1. The lowest BCUT2D eigenvalue weighted by Gasteiger charge is -2.20. The molecule has 1 amide bonds. The molecule has 0 bridgehead atoms. The van der Waals surface area contributed by atoms with E-state index in [1.807, 2.05) is 4.90 Å². The van der Waals surface area contributed by atoms with Gasteiger partial charge in [0.25, 0.3) is 5.91 Å². The fraction of sp³-hybridized carbons (Fsp3) is 0.643. The van der Waals surface area contributed by atoms with Crippen LogP contribution < -0.4 is 4.31 Å². The smallest absolute Gasteiger partial charge is 0.264 e. The van der Waals surface area contributed by atoms with E-state index in [0.29, 0.717) is 23.5 Å². The zero-order chi connectivity index (χ0) is 15.9. The number of thiophene rings is 1. The molecule has 0 N–H and O–H groups in total. The van der Waals surface area contributed by atoms with Crippen LogP contribution in [0.3, 0.4) is 0 Å². The van der Waals surface area contributed by atoms with Crippen LogP contribution in [0, 0.1) is 0 Å². The predicted molar refractivity (Wildman–Crippen MR) is 88.2 cm³/mol. The summed E-state index contributed by atoms with van der Waals surface area (Å²) in [5.41, 5.74) is 0.697. The molecule has 0 saturated carbocycles. The molecule has 0 aromatic carbocycles. The number of rotatable bonds is 2. The van der Waals surface area contributed by atoms with Gasteiger partial charge in [-0.3, -0.25) is 9.10 Å². The Morgan fingerprint density at radius 2 is 1.95 bits per heavy atom. The Morgan fingerprint density at radius 3 is 2.68 bits per heavy atom. The normalized spacial score (nSPS) is 20.1. The monoisotopic (exact) mass is 343 g/mol. The highest BCUT2D eigenvalue weighted by molar-refractivity contribution is 7.92. The van der Waals surface area contributed by atoms with Crippen LogP contribution in [0.4, 0.5) is 5.69 Å². The van der Waals surface area contributed by atoms with Crippen LogP contribution in [0.2, 0.25) is 0 Å². The number of nitrogens with zero attached hydrogens (tertiary/aromatic N) is 3. The summed E-state index contributed by atoms with van der Waals surface area (Å²) in [7, 11) is -1.19. The summed E-state index contributed by atoms with van der Waals surface area (Å²) in [5.74, 6) is 0.0307. The minimum absolute atomic E-state index is 0.0307. The molecular weight excluding hydrogens is 322 g/mol. The Kier molecular flexibility index (Phi) is 4.17. The fourth-order valence-electron chi connectivity index (χ4n) is 2.99. The van der Waals surface area contributed by atoms with Gasteiger partial charge in [0.1, 0.15) is 0 Å². The van der Waals surface area contributed by atoms with Crippen molar-refractivity contribution in [2.45, 2.75) is 12.8 Å². The van der Waals surface area contributed by atoms with E-state index < -0.39 is 10.0 Å². The van der Waals surface area contributed by atoms with Gasteiger partial charge < -0.3 is 9.80 Å². The summed E-state index contributed by atoms with van der Waals surface area (Å²) in [6.07, 6.45) is 2.89. The van der Waals surface area contributed by atoms with Gasteiger partial charge in [0.05, 0.1) is 16.8 Å². The number of anilines is 1. The zero-order valence-corrected chi connectivity index (χ0v) is 14.5. The Bertz CT molecular complexity index is 684. The van der Waals surface area contributed by atoms with Gasteiger partial charge in [-0.15, -0.1) is 11.3 Å². The highest BCUT2D eigenvalue weighted by Gasteiger charge is 2.31. The van der Waals surface area contributed by atoms with Crippen LogP contribution >= 0.6 is 11.3 Å². The number of fused-ring (bicyclic) bond motifs is 1. The third kappa shape index (κ3) is 3.00. The lowest BCUT2D eigenvalue weighted by Crippen LogP contribution is -2.34. The highest BCUT2D eigenvalue weighted by Crippen LogP contribution is 2.37. The maximum absolute atomic E-state index is 12.7. The first kappa shape index (κ1) is 15.8. The van der Waals surface area contributed by atoms with Crippen molar-refractivity contribution in [2.24, 2.45) is 0 Å². The molecule has 0 atom stereocenters. The molecule has 3 heterocycles. The molecule has 1 fully saturated rings. The molecule has 0 aliphatic carbocycles. The average molecular weight is 343 g/mol. The van der Waals surface area contributed by atoms with Crippen LogP contribution in [0.15, 0.2) is 6.07 Å². The Morgan fingerprint density at radius 1 is 1.18 bits per heavy atom. The van der Waals surface area contributed by atoms with E-state index in [-0.39, 0.29) is 5.91 Å². The molecule has 8 heteroatoms. The first-order valence-corrected chi connectivity index (χ1v) is 10.1. The number of amides is 1. The molecule has 0 radical (unpaired) electrons. The molecule has 1 aromatic heterocycles. The van der Waals surface area contributed by atoms with Crippen LogP contribution in [-0.2, 0) is 16.4 Å². The summed E-state index contributed by atoms with van der Waals surface area (Å²) in [5, 5.41) is 0. The predicted octanol–water partition coefficient (Wildman–Crippen LogP) is 0.848. The van der Waals surface area contributed by atoms with E-state index in [1.54, 1.807) is 6.07 Å². The van der Waals surface area contributed by atoms with Crippen LogP contribution in [0.5, 0.6) is 0 Å². The fourth-order valence-corrected chi connectivity index (χ4v) is 5.11. The molecule has 1 aromatic rings. The topological polar surface area (TPSA) is 60.9 Å². The molecular formula is C14H21N3O3S2. The molecule has 6 nitrogen and oxygen atoms in total. The van der Waals surface area contributed by atoms with Crippen molar-refractivity contribution in [3.63, 3.8) is 0 Å². The standard InChI is InChI=1S/C14H21N3O3S2/c1-15-5-3-6-16(9-8-15)14(18)13-10-11-12(21-13)4-7-17(11)22(2,19)20/h10H,3-9H2,1-2H3. The quantitative estimate of drug-likeness (QED) is 0.799. The van der Waals surface area contributed by atoms with Crippen molar-refractivity contribution < 1.29 is 13.2 Å². The number of likely N-dealkylation sites (N-methyl/N-ethyl adjacent to an activating group) is 1. The number of carbonyl (C=O) groups excluding carboxylic acids is 1. The number of hydrogen-bond acceptors (Lipinski definition) is 5. The van der Waals surface area contributed by atoms with Crippen LogP contribution in [0.1, 0.15) is 21.0 Å². The van der Waals surface area contributed by atoms with Gasteiger partial charge in [-0.1, -0.05) is 0 Å². The molecule has 2 aliphatic heterocycles. The van der Waals surface area contributed by atoms with Crippen molar-refractivity contribution in [3.05, 3.63) is 15.8 Å². The van der Waals surface area contributed by atoms with E-state index >= 15 is 0 Å². The van der Waals surface area contributed by atoms with E-state index in [2.05, 4.69) is 11.9 Å². The van der Waals surface area contributed by atoms with Gasteiger partial charge >= 0.3 is 0 Å². The summed E-state index contributed by atoms with van der Waals surface area (Å²) in [6, 6.07) is 1.75. The van der Waals surface area contributed by atoms with Crippen molar-refractivity contribution in [3.8, 4) is 0 Å². The van der Waals surface area contributed by atoms with E-state index in [4.69, 9.17) is 0 Å². The van der Waals surface area contributed by atoms with Crippen molar-refractivity contribution in [2.75, 3.05) is 50.3 Å². The lowest BCUT2D eigenvalue weighted by atomic mass is 10.3. The Labute approximate surface area is 135 Å². The van der Waals surface area contributed by atoms with Gasteiger partial charge in [-0.2, -0.15) is 0 Å². The second-order valence-electron chi connectivity index (χ2n) is 5.95. The number of hydrogen-bond donors (Lipinski definition) is 0. The molecule has 122 valence electrons. The molecule has 0 spiro atoms. The van der Waals surface area contributed by atoms with Crippen molar-refractivity contribution in [1.29, 1.82) is 0 Å². The maximum Gasteiger partial charge on any atom is 0.264 e. The Balaban J connectivity index is 1.81. The second kappa shape index (κ2) is 5.82. The minimum atomic E-state index is -3.26. The molecule has 3 rings (SSSR count). The van der Waals surface area contributed by atoms with Gasteiger partial charge in [-0.05, 0) is 26.1 Å². The van der Waals surface area contributed by atoms with E-state index in [0.717, 1.165) is 37.5 Å².